The first kappa shape index (κ1) is 71.8. The summed E-state index contributed by atoms with van der Waals surface area (Å²) in [6, 6.07) is -0.839. The Morgan fingerprint density at radius 1 is 0.466 bits per heavy atom. The van der Waals surface area contributed by atoms with Crippen LogP contribution in [0.25, 0.3) is 0 Å². The lowest BCUT2D eigenvalue weighted by molar-refractivity contribution is -0.870. The minimum absolute atomic E-state index is 0.0459. The first-order chi connectivity index (χ1) is 35.4. The Balaban J connectivity index is 5.21. The number of esters is 1. The SMILES string of the molecule is CCCCCCCCCCCCC/C=C/C(OC(=O)CCCCCCCCCCCCCCCCC)C(COP(=O)(O)OCC[N+](C)(C)C)NC(=O)CCCCCCCCCCCCCCCCCCCCC. The molecule has 0 bridgehead atoms. The van der Waals surface area contributed by atoms with Gasteiger partial charge in [0.2, 0.25) is 5.91 Å². The summed E-state index contributed by atoms with van der Waals surface area (Å²) in [7, 11) is 1.52. The Kier molecular flexibility index (Phi) is 53.2. The molecule has 73 heavy (non-hydrogen) atoms. The van der Waals surface area contributed by atoms with Crippen LogP contribution in [-0.2, 0) is 27.9 Å². The molecular formula is C63H126N2O7P+. The number of hydrogen-bond donors (Lipinski definition) is 2. The number of likely N-dealkylation sites (N-methyl/N-ethyl adjacent to an activating group) is 1. The lowest BCUT2D eigenvalue weighted by Gasteiger charge is -2.27. The molecule has 0 spiro atoms. The van der Waals surface area contributed by atoms with Crippen LogP contribution in [0.2, 0.25) is 0 Å². The van der Waals surface area contributed by atoms with Crippen molar-refractivity contribution in [2.75, 3.05) is 40.9 Å². The van der Waals surface area contributed by atoms with E-state index in [4.69, 9.17) is 13.8 Å². The number of carbonyl (C=O) groups is 2. The number of nitrogens with one attached hydrogen (secondary N) is 1. The van der Waals surface area contributed by atoms with E-state index in [2.05, 4.69) is 26.1 Å². The molecule has 434 valence electrons. The van der Waals surface area contributed by atoms with E-state index in [0.717, 1.165) is 57.8 Å². The van der Waals surface area contributed by atoms with Gasteiger partial charge in [0, 0.05) is 12.8 Å². The van der Waals surface area contributed by atoms with E-state index in [-0.39, 0.29) is 25.1 Å². The molecule has 0 heterocycles. The van der Waals surface area contributed by atoms with Crippen LogP contribution in [0.3, 0.4) is 0 Å². The molecule has 0 aromatic rings. The zero-order valence-corrected chi connectivity index (χ0v) is 50.6. The zero-order chi connectivity index (χ0) is 53.6. The number of rotatable bonds is 59. The van der Waals surface area contributed by atoms with Crippen molar-refractivity contribution < 1.29 is 37.3 Å². The monoisotopic (exact) mass is 1050 g/mol. The molecule has 0 aliphatic rings. The van der Waals surface area contributed by atoms with Crippen LogP contribution >= 0.6 is 7.82 Å². The van der Waals surface area contributed by atoms with E-state index in [1.54, 1.807) is 0 Å². The highest BCUT2D eigenvalue weighted by Crippen LogP contribution is 2.43. The molecule has 0 saturated carbocycles. The van der Waals surface area contributed by atoms with E-state index in [1.165, 1.54) is 238 Å². The van der Waals surface area contributed by atoms with Gasteiger partial charge in [0.1, 0.15) is 19.3 Å². The summed E-state index contributed by atoms with van der Waals surface area (Å²) in [6.45, 7) is 7.07. The summed E-state index contributed by atoms with van der Waals surface area (Å²) >= 11 is 0. The lowest BCUT2D eigenvalue weighted by Crippen LogP contribution is -2.47. The van der Waals surface area contributed by atoms with Gasteiger partial charge in [0.15, 0.2) is 0 Å². The maximum atomic E-state index is 13.6. The number of phosphoric acid groups is 1. The van der Waals surface area contributed by atoms with Gasteiger partial charge in [-0.25, -0.2) is 4.57 Å². The second-order valence-electron chi connectivity index (χ2n) is 23.3. The van der Waals surface area contributed by atoms with Gasteiger partial charge >= 0.3 is 13.8 Å². The summed E-state index contributed by atoms with van der Waals surface area (Å²) in [4.78, 5) is 37.7. The van der Waals surface area contributed by atoms with E-state index < -0.39 is 20.0 Å². The van der Waals surface area contributed by atoms with Crippen LogP contribution in [0.5, 0.6) is 0 Å². The average molecular weight is 1050 g/mol. The number of nitrogens with zero attached hydrogens (tertiary/aromatic N) is 1. The molecule has 3 atom stereocenters. The normalized spacial score (nSPS) is 13.7. The number of carbonyl (C=O) groups excluding carboxylic acids is 2. The largest absolute Gasteiger partial charge is 0.472 e. The van der Waals surface area contributed by atoms with Crippen molar-refractivity contribution in [3.8, 4) is 0 Å². The third-order valence-corrected chi connectivity index (χ3v) is 15.7. The van der Waals surface area contributed by atoms with E-state index in [1.807, 2.05) is 33.3 Å². The first-order valence-corrected chi connectivity index (χ1v) is 33.5. The Bertz CT molecular complexity index is 1260. The summed E-state index contributed by atoms with van der Waals surface area (Å²) in [5, 5.41) is 3.07. The minimum atomic E-state index is -4.44. The number of hydrogen-bond acceptors (Lipinski definition) is 6. The van der Waals surface area contributed by atoms with Crippen LogP contribution in [0.15, 0.2) is 12.2 Å². The number of allylic oxidation sites excluding steroid dienone is 1. The van der Waals surface area contributed by atoms with Crippen LogP contribution in [-0.4, -0.2) is 74.3 Å². The van der Waals surface area contributed by atoms with E-state index in [9.17, 15) is 19.0 Å². The number of ether oxygens (including phenoxy) is 1. The molecule has 0 radical (unpaired) electrons. The van der Waals surface area contributed by atoms with Gasteiger partial charge in [0.25, 0.3) is 0 Å². The molecule has 9 nitrogen and oxygen atoms in total. The van der Waals surface area contributed by atoms with Gasteiger partial charge in [-0.05, 0) is 31.8 Å². The van der Waals surface area contributed by atoms with Gasteiger partial charge in [-0.2, -0.15) is 0 Å². The van der Waals surface area contributed by atoms with Crippen molar-refractivity contribution in [2.45, 2.75) is 341 Å². The van der Waals surface area contributed by atoms with Gasteiger partial charge in [0.05, 0.1) is 33.8 Å². The van der Waals surface area contributed by atoms with Crippen LogP contribution < -0.4 is 5.32 Å². The highest BCUT2D eigenvalue weighted by atomic mass is 31.2. The number of amides is 1. The molecule has 10 heteroatoms. The third-order valence-electron chi connectivity index (χ3n) is 14.7. The maximum absolute atomic E-state index is 13.6. The highest BCUT2D eigenvalue weighted by Gasteiger charge is 2.30. The number of quaternary nitrogens is 1. The fraction of sp³-hybridized carbons (Fsp3) is 0.937. The quantitative estimate of drug-likeness (QED) is 0.0205. The Morgan fingerprint density at radius 2 is 0.781 bits per heavy atom. The predicted octanol–water partition coefficient (Wildman–Crippen LogP) is 19.6. The second-order valence-corrected chi connectivity index (χ2v) is 24.8. The molecular weight excluding hydrogens is 928 g/mol. The van der Waals surface area contributed by atoms with Crippen molar-refractivity contribution in [1.29, 1.82) is 0 Å². The standard InChI is InChI=1S/C63H125N2O7P/c1-7-10-13-16-19-22-25-28-30-31-32-33-35-37-40-43-46-49-52-55-62(66)64-60(59-71-73(68,69)70-58-57-65(4,5)6)61(54-51-48-45-42-39-36-27-24-21-18-15-12-9-3)72-63(67)56-53-50-47-44-41-38-34-29-26-23-20-17-14-11-8-2/h51,54,60-61H,7-50,52-53,55-59H2,1-6H3,(H-,64,66,68,69)/p+1/b54-51+. The molecule has 0 rings (SSSR count). The Labute approximate surface area is 454 Å². The molecule has 0 saturated heterocycles. The molecule has 3 unspecified atom stereocenters. The molecule has 2 N–H and O–H groups in total. The Morgan fingerprint density at radius 3 is 1.12 bits per heavy atom. The maximum Gasteiger partial charge on any atom is 0.472 e. The van der Waals surface area contributed by atoms with Crippen LogP contribution in [0.4, 0.5) is 0 Å². The number of unbranched alkanes of at least 4 members (excludes halogenated alkanes) is 43. The molecule has 0 aliphatic heterocycles. The van der Waals surface area contributed by atoms with Crippen LogP contribution in [0.1, 0.15) is 329 Å². The van der Waals surface area contributed by atoms with Crippen molar-refractivity contribution in [3.63, 3.8) is 0 Å². The molecule has 0 aromatic heterocycles. The first-order valence-electron chi connectivity index (χ1n) is 32.0. The summed E-state index contributed by atoms with van der Waals surface area (Å²) < 4.78 is 30.7. The van der Waals surface area contributed by atoms with Crippen LogP contribution in [0, 0.1) is 0 Å². The fourth-order valence-corrected chi connectivity index (χ4v) is 10.5. The van der Waals surface area contributed by atoms with Crippen molar-refractivity contribution in [3.05, 3.63) is 12.2 Å². The highest BCUT2D eigenvalue weighted by molar-refractivity contribution is 7.47. The molecule has 1 amide bonds. The average Bonchev–Trinajstić information content (AvgIpc) is 3.35. The third kappa shape index (κ3) is 55.3. The second kappa shape index (κ2) is 54.1. The van der Waals surface area contributed by atoms with E-state index >= 15 is 0 Å². The van der Waals surface area contributed by atoms with Crippen molar-refractivity contribution in [2.24, 2.45) is 0 Å². The van der Waals surface area contributed by atoms with E-state index in [0.29, 0.717) is 23.9 Å². The Hall–Kier alpha value is -1.25. The summed E-state index contributed by atoms with van der Waals surface area (Å²) in [5.74, 6) is -0.481. The number of phosphoric ester groups is 1. The fourth-order valence-electron chi connectivity index (χ4n) is 9.77. The van der Waals surface area contributed by atoms with Crippen molar-refractivity contribution >= 4 is 19.7 Å². The van der Waals surface area contributed by atoms with Crippen molar-refractivity contribution in [1.82, 2.24) is 5.32 Å². The summed E-state index contributed by atoms with van der Waals surface area (Å²) in [5.41, 5.74) is 0. The van der Waals surface area contributed by atoms with Gasteiger partial charge < -0.3 is 19.4 Å². The van der Waals surface area contributed by atoms with Gasteiger partial charge in [-0.15, -0.1) is 0 Å². The molecule has 0 aromatic carbocycles. The van der Waals surface area contributed by atoms with Gasteiger partial charge in [-0.1, -0.05) is 297 Å². The minimum Gasteiger partial charge on any atom is -0.456 e. The smallest absolute Gasteiger partial charge is 0.456 e. The topological polar surface area (TPSA) is 111 Å². The predicted molar refractivity (Wildman–Crippen MR) is 314 cm³/mol. The zero-order valence-electron chi connectivity index (χ0n) is 49.7. The molecule has 0 fully saturated rings. The molecule has 0 aliphatic carbocycles. The lowest BCUT2D eigenvalue weighted by atomic mass is 10.0. The van der Waals surface area contributed by atoms with Gasteiger partial charge in [-0.3, -0.25) is 18.6 Å². The summed E-state index contributed by atoms with van der Waals surface area (Å²) in [6.07, 6.45) is 62.0.